The van der Waals surface area contributed by atoms with Gasteiger partial charge in [0.15, 0.2) is 0 Å². The van der Waals surface area contributed by atoms with Crippen molar-refractivity contribution in [1.29, 1.82) is 0 Å². The van der Waals surface area contributed by atoms with Crippen molar-refractivity contribution in [1.82, 2.24) is 0 Å². The van der Waals surface area contributed by atoms with Crippen molar-refractivity contribution in [2.45, 2.75) is 13.3 Å². The molecular formula is C13H12. The van der Waals surface area contributed by atoms with Crippen LogP contribution >= 0.6 is 0 Å². The highest BCUT2D eigenvalue weighted by Gasteiger charge is 2.06. The Labute approximate surface area is 79.6 Å². The van der Waals surface area contributed by atoms with E-state index in [9.17, 15) is 0 Å². The molecule has 0 unspecified atom stereocenters. The topological polar surface area (TPSA) is 0 Å². The molecule has 0 atom stereocenters. The Morgan fingerprint density at radius 3 is 2.85 bits per heavy atom. The zero-order valence-corrected chi connectivity index (χ0v) is 7.75. The zero-order valence-electron chi connectivity index (χ0n) is 7.75. The maximum Gasteiger partial charge on any atom is -0.000274 e. The van der Waals surface area contributed by atoms with E-state index in [2.05, 4.69) is 30.4 Å². The second-order valence-corrected chi connectivity index (χ2v) is 3.36. The molecule has 0 heterocycles. The van der Waals surface area contributed by atoms with Crippen LogP contribution in [-0.2, 0) is 0 Å². The molecule has 0 nitrogen and oxygen atoms in total. The molecule has 13 heavy (non-hydrogen) atoms. The van der Waals surface area contributed by atoms with Gasteiger partial charge in [-0.05, 0) is 42.5 Å². The third-order valence-corrected chi connectivity index (χ3v) is 2.44. The third kappa shape index (κ3) is 1.44. The molecule has 1 aliphatic carbocycles. The Hall–Kier alpha value is -1.30. The van der Waals surface area contributed by atoms with Gasteiger partial charge < -0.3 is 0 Å². The molecule has 1 aliphatic rings. The number of allylic oxidation sites excluding steroid dienone is 4. The van der Waals surface area contributed by atoms with Crippen LogP contribution < -0.4 is 0 Å². The molecule has 2 rings (SSSR count). The SMILES string of the molecule is [CH]c1c(C)cccc1C1=CC=CC1. The lowest BCUT2D eigenvalue weighted by atomic mass is 9.97. The van der Waals surface area contributed by atoms with E-state index in [4.69, 9.17) is 6.92 Å². The van der Waals surface area contributed by atoms with Gasteiger partial charge in [0.1, 0.15) is 0 Å². The van der Waals surface area contributed by atoms with Crippen molar-refractivity contribution < 1.29 is 0 Å². The van der Waals surface area contributed by atoms with Crippen LogP contribution in [0.4, 0.5) is 0 Å². The molecule has 0 N–H and O–H groups in total. The van der Waals surface area contributed by atoms with E-state index in [1.54, 1.807) is 0 Å². The molecule has 0 aromatic heterocycles. The summed E-state index contributed by atoms with van der Waals surface area (Å²) in [5.41, 5.74) is 4.58. The number of rotatable bonds is 1. The standard InChI is InChI=1S/C13H12/c1-10-6-5-9-13(11(10)2)12-7-3-4-8-12/h2-7,9H,8H2,1H3. The summed E-state index contributed by atoms with van der Waals surface area (Å²) in [6, 6.07) is 6.18. The van der Waals surface area contributed by atoms with Gasteiger partial charge in [-0.25, -0.2) is 0 Å². The second-order valence-electron chi connectivity index (χ2n) is 3.36. The first-order chi connectivity index (χ1) is 6.29. The number of hydrogen-bond acceptors (Lipinski definition) is 0. The van der Waals surface area contributed by atoms with E-state index in [0.717, 1.165) is 17.5 Å². The van der Waals surface area contributed by atoms with E-state index in [-0.39, 0.29) is 0 Å². The predicted octanol–water partition coefficient (Wildman–Crippen LogP) is 3.40. The molecule has 2 radical (unpaired) electrons. The van der Waals surface area contributed by atoms with Crippen LogP contribution in [-0.4, -0.2) is 0 Å². The van der Waals surface area contributed by atoms with Crippen LogP contribution in [0, 0.1) is 13.8 Å². The summed E-state index contributed by atoms with van der Waals surface area (Å²) in [7, 11) is 0. The monoisotopic (exact) mass is 168 g/mol. The molecule has 0 fully saturated rings. The molecule has 1 aromatic rings. The first kappa shape index (κ1) is 8.31. The van der Waals surface area contributed by atoms with Crippen molar-refractivity contribution in [2.75, 3.05) is 0 Å². The quantitative estimate of drug-likeness (QED) is 0.603. The first-order valence-electron chi connectivity index (χ1n) is 4.50. The summed E-state index contributed by atoms with van der Waals surface area (Å²) in [4.78, 5) is 0. The van der Waals surface area contributed by atoms with Crippen LogP contribution in [0.3, 0.4) is 0 Å². The van der Waals surface area contributed by atoms with Gasteiger partial charge in [0, 0.05) is 0 Å². The summed E-state index contributed by atoms with van der Waals surface area (Å²) < 4.78 is 0. The van der Waals surface area contributed by atoms with E-state index < -0.39 is 0 Å². The Morgan fingerprint density at radius 2 is 2.15 bits per heavy atom. The van der Waals surface area contributed by atoms with Gasteiger partial charge >= 0.3 is 0 Å². The Kier molecular flexibility index (Phi) is 2.05. The maximum atomic E-state index is 5.99. The van der Waals surface area contributed by atoms with Crippen LogP contribution in [0.1, 0.15) is 23.1 Å². The summed E-state index contributed by atoms with van der Waals surface area (Å²) in [6.07, 6.45) is 7.37. The molecule has 1 aromatic carbocycles. The lowest BCUT2D eigenvalue weighted by molar-refractivity contribution is 1.35. The van der Waals surface area contributed by atoms with Gasteiger partial charge in [0.05, 0.1) is 0 Å². The predicted molar refractivity (Wildman–Crippen MR) is 56.3 cm³/mol. The van der Waals surface area contributed by atoms with E-state index in [1.807, 2.05) is 13.0 Å². The minimum Gasteiger partial charge on any atom is -0.0801 e. The number of benzene rings is 1. The normalized spacial score (nSPS) is 14.8. The molecule has 0 spiro atoms. The average Bonchev–Trinajstić information content (AvgIpc) is 2.62. The highest BCUT2D eigenvalue weighted by atomic mass is 14.1. The largest absolute Gasteiger partial charge is 0.0801 e. The Morgan fingerprint density at radius 1 is 1.31 bits per heavy atom. The number of aryl methyl sites for hydroxylation is 1. The van der Waals surface area contributed by atoms with Gasteiger partial charge in [-0.2, -0.15) is 0 Å². The van der Waals surface area contributed by atoms with Gasteiger partial charge in [-0.1, -0.05) is 36.4 Å². The molecule has 0 saturated carbocycles. The molecule has 0 saturated heterocycles. The summed E-state index contributed by atoms with van der Waals surface area (Å²) >= 11 is 0. The zero-order chi connectivity index (χ0) is 9.26. The number of hydrogen-bond donors (Lipinski definition) is 0. The van der Waals surface area contributed by atoms with Crippen LogP contribution in [0.25, 0.3) is 5.57 Å². The van der Waals surface area contributed by atoms with Gasteiger partial charge in [0.25, 0.3) is 0 Å². The fraction of sp³-hybridized carbons (Fsp3) is 0.154. The van der Waals surface area contributed by atoms with Gasteiger partial charge in [0.2, 0.25) is 0 Å². The van der Waals surface area contributed by atoms with E-state index >= 15 is 0 Å². The molecule has 0 bridgehead atoms. The Bertz CT molecular complexity index is 381. The molecule has 0 aliphatic heterocycles. The first-order valence-corrected chi connectivity index (χ1v) is 4.50. The second kappa shape index (κ2) is 3.21. The molecular weight excluding hydrogens is 156 g/mol. The molecule has 64 valence electrons. The van der Waals surface area contributed by atoms with Crippen LogP contribution in [0.2, 0.25) is 0 Å². The van der Waals surface area contributed by atoms with Crippen molar-refractivity contribution >= 4 is 5.57 Å². The third-order valence-electron chi connectivity index (χ3n) is 2.44. The van der Waals surface area contributed by atoms with Crippen molar-refractivity contribution in [3.8, 4) is 0 Å². The highest BCUT2D eigenvalue weighted by Crippen LogP contribution is 2.27. The minimum atomic E-state index is 0.914. The summed E-state index contributed by atoms with van der Waals surface area (Å²) in [6.45, 7) is 8.04. The smallest absolute Gasteiger partial charge is 0.000274 e. The van der Waals surface area contributed by atoms with Gasteiger partial charge in [-0.15, -0.1) is 0 Å². The van der Waals surface area contributed by atoms with Crippen molar-refractivity contribution in [3.05, 3.63) is 60.0 Å². The lowest BCUT2D eigenvalue weighted by Crippen LogP contribution is -1.89. The lowest BCUT2D eigenvalue weighted by Gasteiger charge is -2.08. The highest BCUT2D eigenvalue weighted by molar-refractivity contribution is 5.74. The van der Waals surface area contributed by atoms with Crippen LogP contribution in [0.15, 0.2) is 36.4 Å². The van der Waals surface area contributed by atoms with E-state index in [1.165, 1.54) is 11.1 Å². The fourth-order valence-corrected chi connectivity index (χ4v) is 1.61. The van der Waals surface area contributed by atoms with Crippen LogP contribution in [0.5, 0.6) is 0 Å². The van der Waals surface area contributed by atoms with Gasteiger partial charge in [-0.3, -0.25) is 0 Å². The summed E-state index contributed by atoms with van der Waals surface area (Å²) in [5, 5.41) is 0. The van der Waals surface area contributed by atoms with Crippen molar-refractivity contribution in [3.63, 3.8) is 0 Å². The summed E-state index contributed by atoms with van der Waals surface area (Å²) in [5.74, 6) is 0. The van der Waals surface area contributed by atoms with E-state index in [0.29, 0.717) is 0 Å². The molecule has 0 amide bonds. The maximum absolute atomic E-state index is 5.99. The molecule has 0 heteroatoms. The fourth-order valence-electron chi connectivity index (χ4n) is 1.61. The van der Waals surface area contributed by atoms with Crippen molar-refractivity contribution in [2.24, 2.45) is 0 Å². The Balaban J connectivity index is 2.46. The average molecular weight is 168 g/mol. The minimum absolute atomic E-state index is 0.914.